The fourth-order valence-electron chi connectivity index (χ4n) is 2.15. The van der Waals surface area contributed by atoms with Gasteiger partial charge in [-0.25, -0.2) is 4.98 Å². The maximum atomic E-state index is 10.3. The SMILES string of the molecule is Cc1cc([C@H](O)c2ccccc2)cnc1NC1CC1. The van der Waals surface area contributed by atoms with Gasteiger partial charge < -0.3 is 10.4 Å². The summed E-state index contributed by atoms with van der Waals surface area (Å²) < 4.78 is 0. The maximum Gasteiger partial charge on any atom is 0.129 e. The number of hydrogen-bond acceptors (Lipinski definition) is 3. The Morgan fingerprint density at radius 1 is 1.21 bits per heavy atom. The molecule has 0 aliphatic heterocycles. The van der Waals surface area contributed by atoms with Crippen molar-refractivity contribution in [3.05, 3.63) is 59.3 Å². The van der Waals surface area contributed by atoms with E-state index >= 15 is 0 Å². The predicted octanol–water partition coefficient (Wildman–Crippen LogP) is 3.05. The van der Waals surface area contributed by atoms with Crippen LogP contribution >= 0.6 is 0 Å². The highest BCUT2D eigenvalue weighted by atomic mass is 16.3. The Labute approximate surface area is 113 Å². The van der Waals surface area contributed by atoms with E-state index in [0.29, 0.717) is 6.04 Å². The Morgan fingerprint density at radius 2 is 1.95 bits per heavy atom. The average molecular weight is 254 g/mol. The Balaban J connectivity index is 1.82. The second kappa shape index (κ2) is 5.02. The van der Waals surface area contributed by atoms with Gasteiger partial charge in [-0.15, -0.1) is 0 Å². The van der Waals surface area contributed by atoms with Gasteiger partial charge in [0.05, 0.1) is 0 Å². The quantitative estimate of drug-likeness (QED) is 0.881. The summed E-state index contributed by atoms with van der Waals surface area (Å²) in [6.07, 6.45) is 3.61. The van der Waals surface area contributed by atoms with Crippen LogP contribution in [0, 0.1) is 6.92 Å². The Hall–Kier alpha value is -1.87. The van der Waals surface area contributed by atoms with Crippen LogP contribution < -0.4 is 5.32 Å². The lowest BCUT2D eigenvalue weighted by molar-refractivity contribution is 0.220. The lowest BCUT2D eigenvalue weighted by Gasteiger charge is -2.14. The van der Waals surface area contributed by atoms with Crippen LogP contribution in [0.15, 0.2) is 42.6 Å². The molecule has 2 aromatic rings. The van der Waals surface area contributed by atoms with Gasteiger partial charge in [0.2, 0.25) is 0 Å². The number of benzene rings is 1. The maximum absolute atomic E-state index is 10.3. The lowest BCUT2D eigenvalue weighted by Crippen LogP contribution is -2.07. The van der Waals surface area contributed by atoms with Crippen LogP contribution in [0.1, 0.15) is 35.6 Å². The predicted molar refractivity (Wildman–Crippen MR) is 76.1 cm³/mol. The van der Waals surface area contributed by atoms with E-state index in [1.165, 1.54) is 12.8 Å². The summed E-state index contributed by atoms with van der Waals surface area (Å²) in [4.78, 5) is 4.43. The van der Waals surface area contributed by atoms with Crippen molar-refractivity contribution < 1.29 is 5.11 Å². The molecule has 19 heavy (non-hydrogen) atoms. The van der Waals surface area contributed by atoms with Gasteiger partial charge in [0.15, 0.2) is 0 Å². The van der Waals surface area contributed by atoms with Gasteiger partial charge in [0, 0.05) is 17.8 Å². The number of aryl methyl sites for hydroxylation is 1. The molecule has 3 nitrogen and oxygen atoms in total. The lowest BCUT2D eigenvalue weighted by atomic mass is 10.0. The van der Waals surface area contributed by atoms with Crippen LogP contribution in [0.5, 0.6) is 0 Å². The standard InChI is InChI=1S/C16H18N2O/c1-11-9-13(10-17-16(11)18-14-7-8-14)15(19)12-5-3-2-4-6-12/h2-6,9-10,14-15,19H,7-8H2,1H3,(H,17,18)/t15-/m1/s1. The van der Waals surface area contributed by atoms with Gasteiger partial charge in [0.25, 0.3) is 0 Å². The molecular weight excluding hydrogens is 236 g/mol. The molecule has 1 aromatic heterocycles. The first-order chi connectivity index (χ1) is 9.24. The normalized spacial score (nSPS) is 16.1. The molecule has 0 bridgehead atoms. The van der Waals surface area contributed by atoms with Crippen molar-refractivity contribution in [3.63, 3.8) is 0 Å². The van der Waals surface area contributed by atoms with Crippen LogP contribution in [0.25, 0.3) is 0 Å². The third kappa shape index (κ3) is 2.76. The van der Waals surface area contributed by atoms with Crippen molar-refractivity contribution in [2.75, 3.05) is 5.32 Å². The molecule has 2 N–H and O–H groups in total. The van der Waals surface area contributed by atoms with E-state index in [2.05, 4.69) is 10.3 Å². The van der Waals surface area contributed by atoms with Crippen LogP contribution in [-0.4, -0.2) is 16.1 Å². The first kappa shape index (κ1) is 12.2. The van der Waals surface area contributed by atoms with E-state index < -0.39 is 6.10 Å². The van der Waals surface area contributed by atoms with E-state index in [0.717, 1.165) is 22.5 Å². The van der Waals surface area contributed by atoms with Crippen LogP contribution in [0.2, 0.25) is 0 Å². The molecule has 1 saturated carbocycles. The minimum Gasteiger partial charge on any atom is -0.384 e. The Bertz CT molecular complexity index is 564. The highest BCUT2D eigenvalue weighted by molar-refractivity contribution is 5.47. The van der Waals surface area contributed by atoms with Gasteiger partial charge >= 0.3 is 0 Å². The molecular formula is C16H18N2O. The molecule has 0 spiro atoms. The van der Waals surface area contributed by atoms with Crippen LogP contribution in [-0.2, 0) is 0 Å². The number of rotatable bonds is 4. The number of nitrogens with one attached hydrogen (secondary N) is 1. The van der Waals surface area contributed by atoms with E-state index in [-0.39, 0.29) is 0 Å². The average Bonchev–Trinajstić information content (AvgIpc) is 3.25. The zero-order valence-electron chi connectivity index (χ0n) is 11.0. The van der Waals surface area contributed by atoms with E-state index in [9.17, 15) is 5.11 Å². The van der Waals surface area contributed by atoms with Crippen molar-refractivity contribution in [1.82, 2.24) is 4.98 Å². The highest BCUT2D eigenvalue weighted by Crippen LogP contribution is 2.27. The fraction of sp³-hybridized carbons (Fsp3) is 0.312. The largest absolute Gasteiger partial charge is 0.384 e. The van der Waals surface area contributed by atoms with Crippen molar-refractivity contribution in [2.45, 2.75) is 31.9 Å². The second-order valence-corrected chi connectivity index (χ2v) is 5.17. The third-order valence-corrected chi connectivity index (χ3v) is 3.45. The molecule has 1 aliphatic carbocycles. The monoisotopic (exact) mass is 254 g/mol. The van der Waals surface area contributed by atoms with Gasteiger partial charge in [-0.3, -0.25) is 0 Å². The molecule has 1 heterocycles. The summed E-state index contributed by atoms with van der Waals surface area (Å²) in [5, 5.41) is 13.7. The minimum absolute atomic E-state index is 0.594. The third-order valence-electron chi connectivity index (χ3n) is 3.45. The molecule has 0 radical (unpaired) electrons. The second-order valence-electron chi connectivity index (χ2n) is 5.17. The molecule has 3 rings (SSSR count). The zero-order chi connectivity index (χ0) is 13.2. The summed E-state index contributed by atoms with van der Waals surface area (Å²) in [6.45, 7) is 2.03. The Morgan fingerprint density at radius 3 is 2.58 bits per heavy atom. The smallest absolute Gasteiger partial charge is 0.129 e. The van der Waals surface area contributed by atoms with Crippen LogP contribution in [0.3, 0.4) is 0 Å². The van der Waals surface area contributed by atoms with Crippen LogP contribution in [0.4, 0.5) is 5.82 Å². The van der Waals surface area contributed by atoms with Crippen molar-refractivity contribution in [1.29, 1.82) is 0 Å². The molecule has 1 atom stereocenters. The number of nitrogens with zero attached hydrogens (tertiary/aromatic N) is 1. The summed E-state index contributed by atoms with van der Waals surface area (Å²) >= 11 is 0. The van der Waals surface area contributed by atoms with Crippen molar-refractivity contribution >= 4 is 5.82 Å². The molecule has 1 aromatic carbocycles. The number of aliphatic hydroxyl groups excluding tert-OH is 1. The van der Waals surface area contributed by atoms with Gasteiger partial charge in [-0.1, -0.05) is 30.3 Å². The van der Waals surface area contributed by atoms with Gasteiger partial charge in [-0.2, -0.15) is 0 Å². The number of pyridine rings is 1. The molecule has 0 unspecified atom stereocenters. The van der Waals surface area contributed by atoms with E-state index in [1.807, 2.05) is 43.3 Å². The fourth-order valence-corrected chi connectivity index (χ4v) is 2.15. The summed E-state index contributed by atoms with van der Waals surface area (Å²) in [5.41, 5.74) is 2.82. The molecule has 0 saturated heterocycles. The summed E-state index contributed by atoms with van der Waals surface area (Å²) in [6, 6.07) is 12.3. The Kier molecular flexibility index (Phi) is 3.22. The number of aliphatic hydroxyl groups is 1. The van der Waals surface area contributed by atoms with E-state index in [1.54, 1.807) is 6.20 Å². The van der Waals surface area contributed by atoms with Crippen molar-refractivity contribution in [2.24, 2.45) is 0 Å². The molecule has 1 aliphatic rings. The first-order valence-electron chi connectivity index (χ1n) is 6.70. The molecule has 98 valence electrons. The zero-order valence-corrected chi connectivity index (χ0v) is 11.0. The summed E-state index contributed by atoms with van der Waals surface area (Å²) in [5.74, 6) is 0.937. The number of anilines is 1. The molecule has 3 heteroatoms. The summed E-state index contributed by atoms with van der Waals surface area (Å²) in [7, 11) is 0. The van der Waals surface area contributed by atoms with Crippen molar-refractivity contribution in [3.8, 4) is 0 Å². The van der Waals surface area contributed by atoms with E-state index in [4.69, 9.17) is 0 Å². The topological polar surface area (TPSA) is 45.2 Å². The van der Waals surface area contributed by atoms with Gasteiger partial charge in [-0.05, 0) is 37.0 Å². The number of aromatic nitrogens is 1. The minimum atomic E-state index is -0.609. The first-order valence-corrected chi connectivity index (χ1v) is 6.70. The molecule has 0 amide bonds. The molecule has 1 fully saturated rings. The van der Waals surface area contributed by atoms with Gasteiger partial charge in [0.1, 0.15) is 11.9 Å². The number of hydrogen-bond donors (Lipinski definition) is 2. The highest BCUT2D eigenvalue weighted by Gasteiger charge is 2.22.